The highest BCUT2D eigenvalue weighted by molar-refractivity contribution is 6.56. The van der Waals surface area contributed by atoms with Gasteiger partial charge in [0.05, 0.1) is 0 Å². The predicted octanol–water partition coefficient (Wildman–Crippen LogP) is 3.80. The lowest BCUT2D eigenvalue weighted by Gasteiger charge is -2.06. The first-order valence-corrected chi connectivity index (χ1v) is 7.37. The minimum absolute atomic E-state index is 0.0810. The zero-order valence-corrected chi connectivity index (χ0v) is 9.91. The summed E-state index contributed by atoms with van der Waals surface area (Å²) in [6, 6.07) is 1.38. The second-order valence-corrected chi connectivity index (χ2v) is 6.96. The third kappa shape index (κ3) is 1.89. The Kier molecular flexibility index (Phi) is 2.94. The molecule has 0 bridgehead atoms. The topological polar surface area (TPSA) is 0 Å². The first-order valence-electron chi connectivity index (χ1n) is 4.66. The highest BCUT2D eigenvalue weighted by atomic mass is 28.3. The maximum atomic E-state index is 2.40. The number of allylic oxidation sites excluding steroid dienone is 4. The molecule has 0 aromatic carbocycles. The molecule has 1 heteroatoms. The molecule has 0 amide bonds. The molecule has 0 atom stereocenters. The summed E-state index contributed by atoms with van der Waals surface area (Å²) in [6.45, 7) is 11.6. The Balaban J connectivity index is 2.73. The molecule has 0 spiro atoms. The Hall–Kier alpha value is -0.303. The summed E-state index contributed by atoms with van der Waals surface area (Å²) in [5.41, 5.74) is 6.43. The summed E-state index contributed by atoms with van der Waals surface area (Å²) in [5.74, 6) is 0. The van der Waals surface area contributed by atoms with Gasteiger partial charge in [-0.05, 0) is 44.4 Å². The largest absolute Gasteiger partial charge is 0.0710 e. The van der Waals surface area contributed by atoms with E-state index in [1.54, 1.807) is 22.3 Å². The summed E-state index contributed by atoms with van der Waals surface area (Å²) in [4.78, 5) is 0. The van der Waals surface area contributed by atoms with E-state index in [0.717, 1.165) is 0 Å². The fourth-order valence-corrected chi connectivity index (χ4v) is 3.04. The Morgan fingerprint density at radius 1 is 1.08 bits per heavy atom. The van der Waals surface area contributed by atoms with Crippen LogP contribution in [0.4, 0.5) is 0 Å². The molecule has 1 aliphatic carbocycles. The summed E-state index contributed by atoms with van der Waals surface area (Å²) >= 11 is 0. The van der Waals surface area contributed by atoms with Crippen molar-refractivity contribution >= 4 is 8.80 Å². The lowest BCUT2D eigenvalue weighted by atomic mass is 10.1. The number of rotatable bonds is 2. The van der Waals surface area contributed by atoms with Crippen molar-refractivity contribution in [3.8, 4) is 0 Å². The van der Waals surface area contributed by atoms with Crippen LogP contribution in [-0.2, 0) is 0 Å². The summed E-state index contributed by atoms with van der Waals surface area (Å²) in [6.07, 6.45) is 1.26. The van der Waals surface area contributed by atoms with Gasteiger partial charge in [-0.25, -0.2) is 0 Å². The Labute approximate surface area is 78.0 Å². The lowest BCUT2D eigenvalue weighted by molar-refractivity contribution is 1.12. The van der Waals surface area contributed by atoms with Crippen LogP contribution in [0.25, 0.3) is 0 Å². The molecule has 0 saturated carbocycles. The van der Waals surface area contributed by atoms with Crippen LogP contribution in [0.2, 0.25) is 19.1 Å². The fraction of sp³-hybridized carbons (Fsp3) is 0.636. The van der Waals surface area contributed by atoms with Gasteiger partial charge in [0.1, 0.15) is 0 Å². The average molecular weight is 179 g/mol. The van der Waals surface area contributed by atoms with Gasteiger partial charge in [0, 0.05) is 8.80 Å². The Morgan fingerprint density at radius 3 is 2.00 bits per heavy atom. The van der Waals surface area contributed by atoms with Gasteiger partial charge in [-0.3, -0.25) is 0 Å². The van der Waals surface area contributed by atoms with Crippen molar-refractivity contribution in [2.75, 3.05) is 0 Å². The van der Waals surface area contributed by atoms with E-state index in [1.165, 1.54) is 12.5 Å². The monoisotopic (exact) mass is 179 g/mol. The van der Waals surface area contributed by atoms with E-state index < -0.39 is 0 Å². The van der Waals surface area contributed by atoms with Gasteiger partial charge in [0.15, 0.2) is 0 Å². The molecule has 0 nitrogen and oxygen atoms in total. The van der Waals surface area contributed by atoms with Gasteiger partial charge in [0.25, 0.3) is 0 Å². The van der Waals surface area contributed by atoms with E-state index in [4.69, 9.17) is 0 Å². The molecule has 0 aromatic rings. The average Bonchev–Trinajstić information content (AvgIpc) is 2.17. The van der Waals surface area contributed by atoms with Gasteiger partial charge in [-0.2, -0.15) is 0 Å². The molecular formula is C11H19Si. The third-order valence-electron chi connectivity index (χ3n) is 2.78. The van der Waals surface area contributed by atoms with E-state index >= 15 is 0 Å². The van der Waals surface area contributed by atoms with Gasteiger partial charge >= 0.3 is 0 Å². The summed E-state index contributed by atoms with van der Waals surface area (Å²) in [7, 11) is -0.0810. The van der Waals surface area contributed by atoms with E-state index in [0.29, 0.717) is 0 Å². The molecule has 67 valence electrons. The molecule has 0 aliphatic heterocycles. The number of hydrogen-bond acceptors (Lipinski definition) is 0. The van der Waals surface area contributed by atoms with Crippen LogP contribution in [0.5, 0.6) is 0 Å². The molecular weight excluding hydrogens is 160 g/mol. The van der Waals surface area contributed by atoms with Gasteiger partial charge < -0.3 is 0 Å². The van der Waals surface area contributed by atoms with E-state index in [2.05, 4.69) is 33.9 Å². The molecule has 0 unspecified atom stereocenters. The van der Waals surface area contributed by atoms with Crippen molar-refractivity contribution in [2.45, 2.75) is 46.3 Å². The Bertz CT molecular complexity index is 244. The van der Waals surface area contributed by atoms with Crippen LogP contribution >= 0.6 is 0 Å². The molecule has 1 radical (unpaired) electrons. The quantitative estimate of drug-likeness (QED) is 0.566. The molecule has 1 aliphatic rings. The van der Waals surface area contributed by atoms with Crippen LogP contribution in [0, 0.1) is 0 Å². The van der Waals surface area contributed by atoms with Crippen molar-refractivity contribution in [1.29, 1.82) is 0 Å². The summed E-state index contributed by atoms with van der Waals surface area (Å²) < 4.78 is 0. The zero-order chi connectivity index (χ0) is 9.30. The smallest absolute Gasteiger partial charge is 0.0456 e. The SMILES string of the molecule is CC1=C(C)C(C)=C(C[Si](C)C)C1. The van der Waals surface area contributed by atoms with Gasteiger partial charge in [0.2, 0.25) is 0 Å². The zero-order valence-electron chi connectivity index (χ0n) is 8.91. The highest BCUT2D eigenvalue weighted by Gasteiger charge is 2.16. The van der Waals surface area contributed by atoms with Gasteiger partial charge in [-0.1, -0.05) is 24.2 Å². The lowest BCUT2D eigenvalue weighted by Crippen LogP contribution is -2.00. The van der Waals surface area contributed by atoms with Crippen LogP contribution < -0.4 is 0 Å². The molecule has 1 rings (SSSR count). The minimum Gasteiger partial charge on any atom is -0.0710 e. The third-order valence-corrected chi connectivity index (χ3v) is 3.91. The van der Waals surface area contributed by atoms with Crippen molar-refractivity contribution in [1.82, 2.24) is 0 Å². The van der Waals surface area contributed by atoms with Crippen molar-refractivity contribution in [2.24, 2.45) is 0 Å². The van der Waals surface area contributed by atoms with Gasteiger partial charge in [-0.15, -0.1) is 0 Å². The van der Waals surface area contributed by atoms with Crippen molar-refractivity contribution < 1.29 is 0 Å². The first kappa shape index (κ1) is 9.78. The maximum Gasteiger partial charge on any atom is 0.0456 e. The maximum absolute atomic E-state index is 2.40. The van der Waals surface area contributed by atoms with Crippen molar-refractivity contribution in [3.63, 3.8) is 0 Å². The standard InChI is InChI=1S/C11H19Si/c1-8-6-11(7-12(4)5)10(3)9(8)2/h6-7H2,1-5H3. The predicted molar refractivity (Wildman–Crippen MR) is 58.0 cm³/mol. The second-order valence-electron chi connectivity index (χ2n) is 4.19. The molecule has 12 heavy (non-hydrogen) atoms. The normalized spacial score (nSPS) is 18.5. The minimum atomic E-state index is -0.0810. The first-order chi connectivity index (χ1) is 5.52. The second kappa shape index (κ2) is 3.61. The van der Waals surface area contributed by atoms with E-state index in [-0.39, 0.29) is 8.80 Å². The highest BCUT2D eigenvalue weighted by Crippen LogP contribution is 2.33. The van der Waals surface area contributed by atoms with Crippen molar-refractivity contribution in [3.05, 3.63) is 22.3 Å². The van der Waals surface area contributed by atoms with E-state index in [9.17, 15) is 0 Å². The summed E-state index contributed by atoms with van der Waals surface area (Å²) in [5, 5.41) is 0. The molecule has 0 saturated heterocycles. The molecule has 0 fully saturated rings. The number of hydrogen-bond donors (Lipinski definition) is 0. The fourth-order valence-electron chi connectivity index (χ4n) is 1.79. The van der Waals surface area contributed by atoms with Crippen LogP contribution in [0.3, 0.4) is 0 Å². The Morgan fingerprint density at radius 2 is 1.67 bits per heavy atom. The van der Waals surface area contributed by atoms with E-state index in [1.807, 2.05) is 0 Å². The molecule has 0 aromatic heterocycles. The molecule has 0 N–H and O–H groups in total. The van der Waals surface area contributed by atoms with Crippen LogP contribution in [0.1, 0.15) is 27.2 Å². The van der Waals surface area contributed by atoms with Crippen LogP contribution in [-0.4, -0.2) is 8.80 Å². The van der Waals surface area contributed by atoms with Crippen LogP contribution in [0.15, 0.2) is 22.3 Å². The molecule has 0 heterocycles.